The Kier molecular flexibility index (Phi) is 3.34. The van der Waals surface area contributed by atoms with Gasteiger partial charge in [-0.05, 0) is 0 Å². The highest BCUT2D eigenvalue weighted by Gasteiger charge is 2.31. The number of nitrogens with one attached hydrogen (secondary N) is 1. The van der Waals surface area contributed by atoms with E-state index in [0.29, 0.717) is 24.0 Å². The number of amidine groups is 1. The van der Waals surface area contributed by atoms with Gasteiger partial charge in [0, 0.05) is 19.5 Å². The Labute approximate surface area is 104 Å². The monoisotopic (exact) mass is 275 g/mol. The summed E-state index contributed by atoms with van der Waals surface area (Å²) in [5.41, 5.74) is 5.69. The third kappa shape index (κ3) is 2.85. The van der Waals surface area contributed by atoms with Crippen LogP contribution in [0.25, 0.3) is 0 Å². The van der Waals surface area contributed by atoms with Gasteiger partial charge in [-0.25, -0.2) is 0 Å². The Hall–Kier alpha value is -1.49. The number of rotatable bonds is 2. The predicted molar refractivity (Wildman–Crippen MR) is 62.9 cm³/mol. The van der Waals surface area contributed by atoms with Crippen molar-refractivity contribution in [1.29, 1.82) is 5.41 Å². The molecule has 0 aliphatic carbocycles. The molecule has 1 atom stereocenters. The number of nitrogens with two attached hydrogens (primary N) is 1. The first-order valence-electron chi connectivity index (χ1n) is 5.15. The van der Waals surface area contributed by atoms with E-state index < -0.39 is 22.5 Å². The highest BCUT2D eigenvalue weighted by Crippen LogP contribution is 2.15. The van der Waals surface area contributed by atoms with Gasteiger partial charge in [0.1, 0.15) is 12.0 Å². The molecule has 18 heavy (non-hydrogen) atoms. The summed E-state index contributed by atoms with van der Waals surface area (Å²) in [6.45, 7) is 1.36. The minimum absolute atomic E-state index is 0.222. The standard InChI is InChI=1S/C8H13N5O4S/c9-6-5-7(12-3-1-2-4-12)11-8(10)13(6)17-18(14,15)16/h1-2,6,10H,3-5,9H2,(H,14,15,16). The zero-order valence-corrected chi connectivity index (χ0v) is 10.2. The molecule has 0 spiro atoms. The van der Waals surface area contributed by atoms with Crippen molar-refractivity contribution in [2.75, 3.05) is 13.1 Å². The normalized spacial score (nSPS) is 24.7. The minimum atomic E-state index is -4.72. The van der Waals surface area contributed by atoms with Gasteiger partial charge in [-0.1, -0.05) is 12.2 Å². The van der Waals surface area contributed by atoms with Crippen molar-refractivity contribution in [3.63, 3.8) is 0 Å². The molecule has 0 amide bonds. The Bertz CT molecular complexity index is 506. The maximum Gasteiger partial charge on any atom is 0.418 e. The van der Waals surface area contributed by atoms with Crippen molar-refractivity contribution >= 4 is 22.2 Å². The molecule has 100 valence electrons. The molecule has 0 aromatic carbocycles. The average molecular weight is 275 g/mol. The van der Waals surface area contributed by atoms with Crippen LogP contribution in [0.4, 0.5) is 0 Å². The third-order valence-electron chi connectivity index (χ3n) is 2.49. The molecule has 4 N–H and O–H groups in total. The van der Waals surface area contributed by atoms with E-state index in [0.717, 1.165) is 0 Å². The smallest absolute Gasteiger partial charge is 0.352 e. The number of aliphatic imine (C=N–C) groups is 1. The van der Waals surface area contributed by atoms with Gasteiger partial charge in [0.05, 0.1) is 0 Å². The lowest BCUT2D eigenvalue weighted by Crippen LogP contribution is -2.52. The first-order valence-corrected chi connectivity index (χ1v) is 6.51. The van der Waals surface area contributed by atoms with Crippen molar-refractivity contribution in [3.05, 3.63) is 12.2 Å². The van der Waals surface area contributed by atoms with Gasteiger partial charge in [0.2, 0.25) is 5.96 Å². The molecule has 0 saturated heterocycles. The second-order valence-electron chi connectivity index (χ2n) is 3.83. The van der Waals surface area contributed by atoms with E-state index in [4.69, 9.17) is 15.7 Å². The number of hydrogen-bond donors (Lipinski definition) is 3. The quantitative estimate of drug-likeness (QED) is 0.431. The predicted octanol–water partition coefficient (Wildman–Crippen LogP) is -1.08. The van der Waals surface area contributed by atoms with Crippen LogP contribution in [0.2, 0.25) is 0 Å². The van der Waals surface area contributed by atoms with Gasteiger partial charge < -0.3 is 10.6 Å². The van der Waals surface area contributed by atoms with E-state index in [1.54, 1.807) is 0 Å². The molecule has 0 saturated carbocycles. The maximum atomic E-state index is 10.6. The van der Waals surface area contributed by atoms with Crippen LogP contribution < -0.4 is 5.73 Å². The van der Waals surface area contributed by atoms with E-state index >= 15 is 0 Å². The molecular weight excluding hydrogens is 262 g/mol. The van der Waals surface area contributed by atoms with Crippen molar-refractivity contribution in [3.8, 4) is 0 Å². The molecule has 10 heteroatoms. The second-order valence-corrected chi connectivity index (χ2v) is 4.83. The van der Waals surface area contributed by atoms with Crippen LogP contribution in [0.1, 0.15) is 6.42 Å². The Balaban J connectivity index is 2.13. The summed E-state index contributed by atoms with van der Waals surface area (Å²) in [5, 5.41) is 8.12. The zero-order valence-electron chi connectivity index (χ0n) is 9.35. The van der Waals surface area contributed by atoms with Gasteiger partial charge >= 0.3 is 10.4 Å². The van der Waals surface area contributed by atoms with Crippen LogP contribution in [-0.2, 0) is 14.7 Å². The van der Waals surface area contributed by atoms with Crippen molar-refractivity contribution in [1.82, 2.24) is 9.96 Å². The lowest BCUT2D eigenvalue weighted by molar-refractivity contribution is -0.0270. The fraction of sp³-hybridized carbons (Fsp3) is 0.500. The minimum Gasteiger partial charge on any atom is -0.352 e. The van der Waals surface area contributed by atoms with Crippen molar-refractivity contribution in [2.24, 2.45) is 10.7 Å². The molecular formula is C8H13N5O4S. The largest absolute Gasteiger partial charge is 0.418 e. The van der Waals surface area contributed by atoms with E-state index in [9.17, 15) is 8.42 Å². The molecule has 0 aromatic rings. The van der Waals surface area contributed by atoms with Crippen LogP contribution in [0, 0.1) is 5.41 Å². The molecule has 2 rings (SSSR count). The molecule has 2 aliphatic heterocycles. The summed E-state index contributed by atoms with van der Waals surface area (Å²) in [6.07, 6.45) is 3.24. The summed E-state index contributed by atoms with van der Waals surface area (Å²) in [7, 11) is -4.72. The third-order valence-corrected chi connectivity index (χ3v) is 2.84. The Morgan fingerprint density at radius 1 is 1.50 bits per heavy atom. The number of guanidine groups is 1. The zero-order chi connectivity index (χ0) is 13.3. The topological polar surface area (TPSA) is 132 Å². The molecule has 0 bridgehead atoms. The van der Waals surface area contributed by atoms with Crippen molar-refractivity contribution < 1.29 is 17.3 Å². The van der Waals surface area contributed by atoms with Gasteiger partial charge in [0.25, 0.3) is 0 Å². The molecule has 2 heterocycles. The van der Waals surface area contributed by atoms with Gasteiger partial charge in [-0.3, -0.25) is 9.96 Å². The first-order chi connectivity index (χ1) is 8.37. The highest BCUT2D eigenvalue weighted by atomic mass is 32.3. The fourth-order valence-electron chi connectivity index (χ4n) is 1.72. The molecule has 0 aromatic heterocycles. The van der Waals surface area contributed by atoms with Crippen LogP contribution in [0.15, 0.2) is 17.1 Å². The molecule has 9 nitrogen and oxygen atoms in total. The molecule has 0 radical (unpaired) electrons. The SMILES string of the molecule is N=C1N=C(N2CC=CC2)CC(N)N1OS(=O)(=O)O. The van der Waals surface area contributed by atoms with Crippen molar-refractivity contribution in [2.45, 2.75) is 12.6 Å². The van der Waals surface area contributed by atoms with Crippen LogP contribution in [-0.4, -0.2) is 54.0 Å². The summed E-state index contributed by atoms with van der Waals surface area (Å²) >= 11 is 0. The molecule has 0 fully saturated rings. The number of nitrogens with zero attached hydrogens (tertiary/aromatic N) is 3. The van der Waals surface area contributed by atoms with Gasteiger partial charge in [0.15, 0.2) is 0 Å². The van der Waals surface area contributed by atoms with Crippen LogP contribution >= 0.6 is 0 Å². The maximum absolute atomic E-state index is 10.6. The van der Waals surface area contributed by atoms with Gasteiger partial charge in [-0.15, -0.1) is 4.28 Å². The summed E-state index contributed by atoms with van der Waals surface area (Å²) < 4.78 is 34.0. The number of hydrogen-bond acceptors (Lipinski definition) is 6. The Morgan fingerprint density at radius 2 is 2.11 bits per heavy atom. The fourth-order valence-corrected chi connectivity index (χ4v) is 2.11. The van der Waals surface area contributed by atoms with Gasteiger partial charge in [-0.2, -0.15) is 18.5 Å². The summed E-state index contributed by atoms with van der Waals surface area (Å²) in [4.78, 5) is 5.81. The average Bonchev–Trinajstić information content (AvgIpc) is 2.75. The van der Waals surface area contributed by atoms with Crippen LogP contribution in [0.3, 0.4) is 0 Å². The van der Waals surface area contributed by atoms with Crippen LogP contribution in [0.5, 0.6) is 0 Å². The van der Waals surface area contributed by atoms with E-state index in [-0.39, 0.29) is 6.42 Å². The lowest BCUT2D eigenvalue weighted by Gasteiger charge is -2.33. The lowest BCUT2D eigenvalue weighted by atomic mass is 10.2. The first kappa shape index (κ1) is 13.0. The Morgan fingerprint density at radius 3 is 2.61 bits per heavy atom. The summed E-state index contributed by atoms with van der Waals surface area (Å²) in [6, 6.07) is 0. The number of hydroxylamine groups is 2. The second kappa shape index (κ2) is 4.65. The van der Waals surface area contributed by atoms with E-state index in [1.807, 2.05) is 17.1 Å². The van der Waals surface area contributed by atoms with E-state index in [1.165, 1.54) is 0 Å². The molecule has 1 unspecified atom stereocenters. The summed E-state index contributed by atoms with van der Waals surface area (Å²) in [5.74, 6) is 0.126. The highest BCUT2D eigenvalue weighted by molar-refractivity contribution is 7.80. The molecule has 2 aliphatic rings. The van der Waals surface area contributed by atoms with E-state index in [2.05, 4.69) is 9.28 Å².